The maximum atomic E-state index is 13.1. The van der Waals surface area contributed by atoms with Crippen molar-refractivity contribution < 1.29 is 47.0 Å². The number of anilines is 1. The van der Waals surface area contributed by atoms with Gasteiger partial charge in [0.15, 0.2) is 0 Å². The van der Waals surface area contributed by atoms with Gasteiger partial charge in [0.25, 0.3) is 0 Å². The number of pyridine rings is 1. The number of hydrogen-bond acceptors (Lipinski definition) is 6. The van der Waals surface area contributed by atoms with E-state index >= 15 is 0 Å². The lowest BCUT2D eigenvalue weighted by Gasteiger charge is -2.18. The molecule has 1 heterocycles. The van der Waals surface area contributed by atoms with Crippen LogP contribution in [0.2, 0.25) is 0 Å². The molecule has 0 fully saturated rings. The molecule has 0 aliphatic rings. The van der Waals surface area contributed by atoms with E-state index < -0.39 is 30.1 Å². The third kappa shape index (κ3) is 12.4. The number of halogens is 4. The fraction of sp³-hybridized carbons (Fsp3) is 0.250. The molecule has 0 bridgehead atoms. The largest absolute Gasteiger partial charge is 0.490 e. The number of amides is 2. The van der Waals surface area contributed by atoms with Crippen molar-refractivity contribution in [3.63, 3.8) is 0 Å². The number of carbonyl (C=O) groups excluding carboxylic acids is 2. The number of hydrogen-bond donors (Lipinski definition) is 5. The quantitative estimate of drug-likeness (QED) is 0.155. The Kier molecular flexibility index (Phi) is 12.9. The number of benzene rings is 2. The second kappa shape index (κ2) is 16.3. The Morgan fingerprint density at radius 3 is 1.98 bits per heavy atom. The van der Waals surface area contributed by atoms with E-state index in [4.69, 9.17) is 9.90 Å². The standard InChI is InChI=1S/C26H27FN4O4.C2HF3O2/c27-21-12-10-19(11-13-21)18-6-8-20(9-7-18)22(16-26(34)35)31-25(33)17-30-24(32)5-3-15-29-23-4-1-2-14-28-23;3-2(4,5)1(6)7/h1-2,4,6-14,22H,3,5,15-17H2,(H,28,29)(H,30,32)(H,31,33)(H,34,35);(H,6,7). The van der Waals surface area contributed by atoms with Crippen LogP contribution in [0.1, 0.15) is 30.9 Å². The van der Waals surface area contributed by atoms with Crippen LogP contribution in [-0.4, -0.2) is 58.2 Å². The average Bonchev–Trinajstić information content (AvgIpc) is 2.94. The summed E-state index contributed by atoms with van der Waals surface area (Å²) in [5.41, 5.74) is 2.26. The van der Waals surface area contributed by atoms with E-state index in [9.17, 15) is 37.1 Å². The Labute approximate surface area is 237 Å². The molecule has 5 N–H and O–H groups in total. The molecule has 3 rings (SSSR count). The molecule has 1 aromatic heterocycles. The summed E-state index contributed by atoms with van der Waals surface area (Å²) in [7, 11) is 0. The predicted molar refractivity (Wildman–Crippen MR) is 144 cm³/mol. The molecule has 1 atom stereocenters. The highest BCUT2D eigenvalue weighted by atomic mass is 19.4. The lowest BCUT2D eigenvalue weighted by atomic mass is 9.99. The molecule has 0 aliphatic carbocycles. The van der Waals surface area contributed by atoms with Gasteiger partial charge in [-0.2, -0.15) is 13.2 Å². The van der Waals surface area contributed by atoms with Gasteiger partial charge in [0.1, 0.15) is 11.6 Å². The second-order valence-electron chi connectivity index (χ2n) is 8.67. The van der Waals surface area contributed by atoms with Crippen LogP contribution < -0.4 is 16.0 Å². The Morgan fingerprint density at radius 1 is 0.857 bits per heavy atom. The maximum absolute atomic E-state index is 13.1. The van der Waals surface area contributed by atoms with Gasteiger partial charge in [-0.05, 0) is 47.4 Å². The molecule has 0 saturated heterocycles. The van der Waals surface area contributed by atoms with Crippen LogP contribution in [0.5, 0.6) is 0 Å². The molecule has 0 saturated carbocycles. The Hall–Kier alpha value is -5.01. The van der Waals surface area contributed by atoms with Gasteiger partial charge in [0, 0.05) is 19.2 Å². The van der Waals surface area contributed by atoms with Crippen molar-refractivity contribution in [2.45, 2.75) is 31.5 Å². The molecule has 0 spiro atoms. The van der Waals surface area contributed by atoms with Crippen molar-refractivity contribution in [1.29, 1.82) is 0 Å². The van der Waals surface area contributed by atoms with E-state index in [1.807, 2.05) is 18.2 Å². The van der Waals surface area contributed by atoms with Gasteiger partial charge in [0.2, 0.25) is 11.8 Å². The number of alkyl halides is 3. The summed E-state index contributed by atoms with van der Waals surface area (Å²) in [6, 6.07) is 17.8. The summed E-state index contributed by atoms with van der Waals surface area (Å²) in [5, 5.41) is 24.7. The summed E-state index contributed by atoms with van der Waals surface area (Å²) < 4.78 is 44.9. The van der Waals surface area contributed by atoms with Gasteiger partial charge in [-0.25, -0.2) is 14.2 Å². The lowest BCUT2D eigenvalue weighted by molar-refractivity contribution is -0.192. The average molecular weight is 593 g/mol. The zero-order valence-corrected chi connectivity index (χ0v) is 22.0. The fourth-order valence-electron chi connectivity index (χ4n) is 3.42. The van der Waals surface area contributed by atoms with E-state index in [1.54, 1.807) is 42.6 Å². The minimum absolute atomic E-state index is 0.233. The van der Waals surface area contributed by atoms with E-state index in [0.717, 1.165) is 16.9 Å². The summed E-state index contributed by atoms with van der Waals surface area (Å²) in [5.74, 6) is -4.19. The number of nitrogens with one attached hydrogen (secondary N) is 3. The minimum Gasteiger partial charge on any atom is -0.481 e. The summed E-state index contributed by atoms with van der Waals surface area (Å²) in [6.45, 7) is 0.307. The Balaban J connectivity index is 0.000000782. The van der Waals surface area contributed by atoms with Crippen molar-refractivity contribution in [3.05, 3.63) is 84.3 Å². The van der Waals surface area contributed by atoms with Crippen molar-refractivity contribution >= 4 is 29.6 Å². The van der Waals surface area contributed by atoms with Crippen molar-refractivity contribution in [2.24, 2.45) is 0 Å². The summed E-state index contributed by atoms with van der Waals surface area (Å²) in [4.78, 5) is 48.8. The van der Waals surface area contributed by atoms with Gasteiger partial charge in [-0.3, -0.25) is 14.4 Å². The van der Waals surface area contributed by atoms with Crippen molar-refractivity contribution in [1.82, 2.24) is 15.6 Å². The zero-order chi connectivity index (χ0) is 31.1. The molecule has 14 heteroatoms. The number of carboxylic acids is 2. The van der Waals surface area contributed by atoms with Crippen LogP contribution in [0.15, 0.2) is 72.9 Å². The van der Waals surface area contributed by atoms with Gasteiger partial charge >= 0.3 is 18.1 Å². The van der Waals surface area contributed by atoms with Crippen LogP contribution in [0.4, 0.5) is 23.4 Å². The summed E-state index contributed by atoms with van der Waals surface area (Å²) >= 11 is 0. The number of carboxylic acid groups (broad SMARTS) is 2. The van der Waals surface area contributed by atoms with Crippen LogP contribution in [0, 0.1) is 5.82 Å². The monoisotopic (exact) mass is 592 g/mol. The topological polar surface area (TPSA) is 158 Å². The first-order chi connectivity index (χ1) is 19.8. The number of nitrogens with zero attached hydrogens (tertiary/aromatic N) is 1. The third-order valence-electron chi connectivity index (χ3n) is 5.44. The molecule has 10 nitrogen and oxygen atoms in total. The Morgan fingerprint density at radius 2 is 1.45 bits per heavy atom. The van der Waals surface area contributed by atoms with Crippen LogP contribution >= 0.6 is 0 Å². The van der Waals surface area contributed by atoms with E-state index in [0.29, 0.717) is 18.5 Å². The number of carbonyl (C=O) groups is 4. The first kappa shape index (κ1) is 33.2. The second-order valence-corrected chi connectivity index (χ2v) is 8.67. The molecule has 224 valence electrons. The molecular formula is C28H28F4N4O6. The minimum atomic E-state index is -5.08. The molecule has 42 heavy (non-hydrogen) atoms. The van der Waals surface area contributed by atoms with E-state index in [1.165, 1.54) is 12.1 Å². The smallest absolute Gasteiger partial charge is 0.481 e. The predicted octanol–water partition coefficient (Wildman–Crippen LogP) is 4.16. The molecule has 0 aliphatic heterocycles. The van der Waals surface area contributed by atoms with Gasteiger partial charge in [0.05, 0.1) is 19.0 Å². The number of aliphatic carboxylic acids is 2. The highest BCUT2D eigenvalue weighted by molar-refractivity contribution is 5.85. The zero-order valence-electron chi connectivity index (χ0n) is 22.0. The van der Waals surface area contributed by atoms with Crippen LogP contribution in [0.25, 0.3) is 11.1 Å². The summed E-state index contributed by atoms with van der Waals surface area (Å²) in [6.07, 6.45) is -2.93. The van der Waals surface area contributed by atoms with Gasteiger partial charge in [-0.1, -0.05) is 42.5 Å². The number of rotatable bonds is 12. The molecule has 2 aromatic carbocycles. The maximum Gasteiger partial charge on any atom is 0.490 e. The van der Waals surface area contributed by atoms with Crippen molar-refractivity contribution in [3.8, 4) is 11.1 Å². The Bertz CT molecular complexity index is 1320. The van der Waals surface area contributed by atoms with Crippen LogP contribution in [-0.2, 0) is 19.2 Å². The molecule has 3 aromatic rings. The molecule has 1 unspecified atom stereocenters. The first-order valence-electron chi connectivity index (χ1n) is 12.4. The van der Waals surface area contributed by atoms with Crippen molar-refractivity contribution in [2.75, 3.05) is 18.4 Å². The number of aromatic nitrogens is 1. The molecular weight excluding hydrogens is 564 g/mol. The molecule has 2 amide bonds. The van der Waals surface area contributed by atoms with Gasteiger partial charge < -0.3 is 26.2 Å². The first-order valence-corrected chi connectivity index (χ1v) is 12.4. The third-order valence-corrected chi connectivity index (χ3v) is 5.44. The molecule has 0 radical (unpaired) electrons. The lowest BCUT2D eigenvalue weighted by Crippen LogP contribution is -2.39. The highest BCUT2D eigenvalue weighted by Gasteiger charge is 2.38. The SMILES string of the molecule is O=C(O)C(F)(F)F.O=C(O)CC(NC(=O)CNC(=O)CCCNc1ccccn1)c1ccc(-c2ccc(F)cc2)cc1. The fourth-order valence-corrected chi connectivity index (χ4v) is 3.42. The van der Waals surface area contributed by atoms with E-state index in [-0.39, 0.29) is 31.1 Å². The highest BCUT2D eigenvalue weighted by Crippen LogP contribution is 2.24. The normalized spacial score (nSPS) is 11.3. The van der Waals surface area contributed by atoms with Crippen LogP contribution in [0.3, 0.4) is 0 Å². The van der Waals surface area contributed by atoms with Gasteiger partial charge in [-0.15, -0.1) is 0 Å². The van der Waals surface area contributed by atoms with E-state index in [2.05, 4.69) is 20.9 Å².